The maximum Gasteiger partial charge on any atom is 0.257 e. The summed E-state index contributed by atoms with van der Waals surface area (Å²) in [7, 11) is 1.65. The molecule has 0 atom stereocenters. The number of likely N-dealkylation sites (N-methyl/N-ethyl adjacent to an activating group) is 1. The minimum Gasteiger partial charge on any atom is -0.392 e. The van der Waals surface area contributed by atoms with Crippen molar-refractivity contribution in [1.29, 1.82) is 0 Å². The number of rotatable bonds is 4. The van der Waals surface area contributed by atoms with E-state index in [9.17, 15) is 4.79 Å². The lowest BCUT2D eigenvalue weighted by Gasteiger charge is -2.14. The highest BCUT2D eigenvalue weighted by Gasteiger charge is 2.14. The van der Waals surface area contributed by atoms with Gasteiger partial charge in [-0.2, -0.15) is 5.10 Å². The SMILES string of the molecule is CN(CC(N)=S)C(=O)c1cnn(-c2ccccc2)c1. The number of nitrogens with zero attached hydrogens (tertiary/aromatic N) is 3. The Bertz CT molecular complexity index is 594. The molecule has 0 aliphatic heterocycles. The zero-order chi connectivity index (χ0) is 13.8. The summed E-state index contributed by atoms with van der Waals surface area (Å²) in [5.41, 5.74) is 6.83. The number of carbonyl (C=O) groups is 1. The minimum absolute atomic E-state index is 0.157. The molecule has 5 nitrogen and oxygen atoms in total. The van der Waals surface area contributed by atoms with Gasteiger partial charge in [0.15, 0.2) is 0 Å². The van der Waals surface area contributed by atoms with Gasteiger partial charge in [-0.3, -0.25) is 4.79 Å². The van der Waals surface area contributed by atoms with E-state index in [1.54, 1.807) is 17.9 Å². The van der Waals surface area contributed by atoms with E-state index >= 15 is 0 Å². The van der Waals surface area contributed by atoms with Gasteiger partial charge in [-0.05, 0) is 12.1 Å². The first-order chi connectivity index (χ1) is 9.08. The molecule has 1 heterocycles. The largest absolute Gasteiger partial charge is 0.392 e. The molecule has 1 amide bonds. The Labute approximate surface area is 116 Å². The van der Waals surface area contributed by atoms with Gasteiger partial charge in [0.05, 0.1) is 29.0 Å². The fourth-order valence-corrected chi connectivity index (χ4v) is 1.87. The van der Waals surface area contributed by atoms with Crippen molar-refractivity contribution in [2.75, 3.05) is 13.6 Å². The van der Waals surface area contributed by atoms with Crippen LogP contribution in [0.4, 0.5) is 0 Å². The number of hydrogen-bond donors (Lipinski definition) is 1. The first-order valence-electron chi connectivity index (χ1n) is 5.72. The van der Waals surface area contributed by atoms with E-state index in [-0.39, 0.29) is 17.4 Å². The Hall–Kier alpha value is -2.21. The van der Waals surface area contributed by atoms with Crippen molar-refractivity contribution in [2.45, 2.75) is 0 Å². The zero-order valence-corrected chi connectivity index (χ0v) is 11.3. The lowest BCUT2D eigenvalue weighted by Crippen LogP contribution is -2.34. The van der Waals surface area contributed by atoms with Crippen LogP contribution in [0.5, 0.6) is 0 Å². The van der Waals surface area contributed by atoms with E-state index in [0.717, 1.165) is 5.69 Å². The average molecular weight is 274 g/mol. The van der Waals surface area contributed by atoms with Gasteiger partial charge in [0.1, 0.15) is 0 Å². The first-order valence-corrected chi connectivity index (χ1v) is 6.12. The van der Waals surface area contributed by atoms with E-state index in [2.05, 4.69) is 5.10 Å². The van der Waals surface area contributed by atoms with Crippen LogP contribution >= 0.6 is 12.2 Å². The number of nitrogens with two attached hydrogens (primary N) is 1. The Morgan fingerprint density at radius 3 is 2.74 bits per heavy atom. The number of benzene rings is 1. The molecule has 2 rings (SSSR count). The quantitative estimate of drug-likeness (QED) is 0.852. The van der Waals surface area contributed by atoms with Crippen LogP contribution in [0.25, 0.3) is 5.69 Å². The van der Waals surface area contributed by atoms with Crippen LogP contribution in [0.15, 0.2) is 42.7 Å². The van der Waals surface area contributed by atoms with Crippen LogP contribution in [-0.4, -0.2) is 39.2 Å². The summed E-state index contributed by atoms with van der Waals surface area (Å²) in [5.74, 6) is -0.157. The molecule has 6 heteroatoms. The van der Waals surface area contributed by atoms with Crippen molar-refractivity contribution < 1.29 is 4.79 Å². The maximum atomic E-state index is 12.1. The Kier molecular flexibility index (Phi) is 3.91. The number of para-hydroxylation sites is 1. The van der Waals surface area contributed by atoms with Gasteiger partial charge < -0.3 is 10.6 Å². The molecule has 0 aliphatic carbocycles. The standard InChI is InChI=1S/C13H14N4OS/c1-16(9-12(14)19)13(18)10-7-15-17(8-10)11-5-3-2-4-6-11/h2-8H,9H2,1H3,(H2,14,19). The molecular formula is C13H14N4OS. The van der Waals surface area contributed by atoms with Crippen LogP contribution < -0.4 is 5.73 Å². The van der Waals surface area contributed by atoms with Gasteiger partial charge in [0.25, 0.3) is 5.91 Å². The number of hydrogen-bond acceptors (Lipinski definition) is 3. The predicted octanol–water partition coefficient (Wildman–Crippen LogP) is 1.23. The number of carbonyl (C=O) groups excluding carboxylic acids is 1. The van der Waals surface area contributed by atoms with Gasteiger partial charge >= 0.3 is 0 Å². The summed E-state index contributed by atoms with van der Waals surface area (Å²) < 4.78 is 1.65. The zero-order valence-electron chi connectivity index (χ0n) is 10.5. The molecule has 0 unspecified atom stereocenters. The Morgan fingerprint density at radius 1 is 1.42 bits per heavy atom. The molecule has 98 valence electrons. The normalized spacial score (nSPS) is 10.2. The second-order valence-corrected chi connectivity index (χ2v) is 4.66. The maximum absolute atomic E-state index is 12.1. The third kappa shape index (κ3) is 3.17. The first kappa shape index (κ1) is 13.2. The topological polar surface area (TPSA) is 64.2 Å². The molecule has 1 aromatic heterocycles. The van der Waals surface area contributed by atoms with Gasteiger partial charge in [-0.15, -0.1) is 0 Å². The highest BCUT2D eigenvalue weighted by Crippen LogP contribution is 2.09. The van der Waals surface area contributed by atoms with Crippen LogP contribution in [-0.2, 0) is 0 Å². The highest BCUT2D eigenvalue weighted by atomic mass is 32.1. The predicted molar refractivity (Wildman–Crippen MR) is 77.3 cm³/mol. The summed E-state index contributed by atoms with van der Waals surface area (Å²) in [6, 6.07) is 9.59. The van der Waals surface area contributed by atoms with Crippen molar-refractivity contribution in [3.8, 4) is 5.69 Å². The van der Waals surface area contributed by atoms with Crippen molar-refractivity contribution in [1.82, 2.24) is 14.7 Å². The lowest BCUT2D eigenvalue weighted by atomic mass is 10.3. The minimum atomic E-state index is -0.157. The average Bonchev–Trinajstić information content (AvgIpc) is 2.87. The summed E-state index contributed by atoms with van der Waals surface area (Å²) in [4.78, 5) is 13.8. The molecule has 0 fully saturated rings. The molecule has 2 aromatic rings. The van der Waals surface area contributed by atoms with Gasteiger partial charge in [-0.1, -0.05) is 30.4 Å². The fraction of sp³-hybridized carbons (Fsp3) is 0.154. The highest BCUT2D eigenvalue weighted by molar-refractivity contribution is 7.80. The van der Waals surface area contributed by atoms with E-state index < -0.39 is 0 Å². The van der Waals surface area contributed by atoms with Gasteiger partial charge in [0.2, 0.25) is 0 Å². The third-order valence-electron chi connectivity index (χ3n) is 2.59. The van der Waals surface area contributed by atoms with Crippen molar-refractivity contribution in [3.63, 3.8) is 0 Å². The van der Waals surface area contributed by atoms with E-state index in [0.29, 0.717) is 5.56 Å². The molecule has 1 aromatic carbocycles. The molecule has 0 saturated carbocycles. The van der Waals surface area contributed by atoms with Crippen LogP contribution in [0, 0.1) is 0 Å². The number of aromatic nitrogens is 2. The Morgan fingerprint density at radius 2 is 2.11 bits per heavy atom. The molecule has 0 saturated heterocycles. The molecule has 0 aliphatic rings. The van der Waals surface area contributed by atoms with Crippen LogP contribution in [0.1, 0.15) is 10.4 Å². The number of thiocarbonyl (C=S) groups is 1. The van der Waals surface area contributed by atoms with E-state index in [4.69, 9.17) is 18.0 Å². The van der Waals surface area contributed by atoms with Crippen molar-refractivity contribution in [3.05, 3.63) is 48.3 Å². The monoisotopic (exact) mass is 274 g/mol. The summed E-state index contributed by atoms with van der Waals surface area (Å²) in [6.45, 7) is 0.255. The van der Waals surface area contributed by atoms with Gasteiger partial charge in [0, 0.05) is 13.2 Å². The van der Waals surface area contributed by atoms with E-state index in [1.165, 1.54) is 11.1 Å². The molecule has 2 N–H and O–H groups in total. The molecule has 0 spiro atoms. The number of amides is 1. The summed E-state index contributed by atoms with van der Waals surface area (Å²) in [6.07, 6.45) is 3.22. The van der Waals surface area contributed by atoms with Crippen LogP contribution in [0.3, 0.4) is 0 Å². The third-order valence-corrected chi connectivity index (χ3v) is 2.72. The molecule has 0 bridgehead atoms. The summed E-state index contributed by atoms with van der Waals surface area (Å²) in [5, 5.41) is 4.17. The smallest absolute Gasteiger partial charge is 0.257 e. The molecule has 19 heavy (non-hydrogen) atoms. The second kappa shape index (κ2) is 5.62. The second-order valence-electron chi connectivity index (χ2n) is 4.14. The summed E-state index contributed by atoms with van der Waals surface area (Å²) >= 11 is 4.79. The van der Waals surface area contributed by atoms with E-state index in [1.807, 2.05) is 30.3 Å². The van der Waals surface area contributed by atoms with Crippen LogP contribution in [0.2, 0.25) is 0 Å². The van der Waals surface area contributed by atoms with Crippen molar-refractivity contribution >= 4 is 23.1 Å². The molecule has 0 radical (unpaired) electrons. The molecular weight excluding hydrogens is 260 g/mol. The fourth-order valence-electron chi connectivity index (χ4n) is 1.68. The Balaban J connectivity index is 2.17. The van der Waals surface area contributed by atoms with Crippen molar-refractivity contribution in [2.24, 2.45) is 5.73 Å². The lowest BCUT2D eigenvalue weighted by molar-refractivity contribution is 0.0815. The van der Waals surface area contributed by atoms with Gasteiger partial charge in [-0.25, -0.2) is 4.68 Å².